The van der Waals surface area contributed by atoms with Crippen molar-refractivity contribution >= 4 is 0 Å². The summed E-state index contributed by atoms with van der Waals surface area (Å²) in [6.45, 7) is 0. The number of ether oxygens (including phenoxy) is 3. The first kappa shape index (κ1) is 15.1. The molecule has 0 spiro atoms. The average Bonchev–Trinajstić information content (AvgIpc) is 2.56. The van der Waals surface area contributed by atoms with Crippen LogP contribution in [0.4, 0.5) is 0 Å². The van der Waals surface area contributed by atoms with E-state index in [2.05, 4.69) is 15.5 Å². The Morgan fingerprint density at radius 1 is 0.905 bits per heavy atom. The van der Waals surface area contributed by atoms with Crippen molar-refractivity contribution in [2.75, 3.05) is 28.4 Å². The Bertz CT molecular complexity index is 587. The molecule has 0 aliphatic carbocycles. The van der Waals surface area contributed by atoms with E-state index in [1.54, 1.807) is 27.4 Å². The van der Waals surface area contributed by atoms with Gasteiger partial charge < -0.3 is 19.5 Å². The van der Waals surface area contributed by atoms with Crippen LogP contribution in [0.5, 0.6) is 17.4 Å². The zero-order chi connectivity index (χ0) is 15.2. The normalized spacial score (nSPS) is 11.8. The average molecular weight is 289 g/mol. The van der Waals surface area contributed by atoms with Gasteiger partial charge >= 0.3 is 0 Å². The molecule has 112 valence electrons. The van der Waals surface area contributed by atoms with Gasteiger partial charge in [-0.05, 0) is 30.8 Å². The second-order valence-electron chi connectivity index (χ2n) is 4.34. The molecule has 2 rings (SSSR count). The number of aromatic nitrogens is 2. The number of rotatable bonds is 6. The van der Waals surface area contributed by atoms with Gasteiger partial charge in [-0.1, -0.05) is 6.07 Å². The fourth-order valence-electron chi connectivity index (χ4n) is 2.11. The lowest BCUT2D eigenvalue weighted by Gasteiger charge is -2.17. The predicted octanol–water partition coefficient (Wildman–Crippen LogP) is 1.81. The fourth-order valence-corrected chi connectivity index (χ4v) is 2.11. The van der Waals surface area contributed by atoms with Crippen molar-refractivity contribution in [2.45, 2.75) is 6.04 Å². The van der Waals surface area contributed by atoms with Gasteiger partial charge in [-0.2, -0.15) is 0 Å². The maximum atomic E-state index is 5.34. The minimum absolute atomic E-state index is 0.0942. The van der Waals surface area contributed by atoms with Crippen LogP contribution in [0.1, 0.15) is 17.3 Å². The Hall–Kier alpha value is -2.34. The van der Waals surface area contributed by atoms with E-state index < -0.39 is 0 Å². The summed E-state index contributed by atoms with van der Waals surface area (Å²) in [5.74, 6) is 1.86. The highest BCUT2D eigenvalue weighted by Crippen LogP contribution is 2.31. The molecule has 1 N–H and O–H groups in total. The van der Waals surface area contributed by atoms with Gasteiger partial charge in [-0.3, -0.25) is 0 Å². The lowest BCUT2D eigenvalue weighted by atomic mass is 10.0. The molecule has 0 saturated carbocycles. The zero-order valence-electron chi connectivity index (χ0n) is 12.6. The third-order valence-corrected chi connectivity index (χ3v) is 3.20. The SMILES string of the molecule is CNC(c1ccc(OC)c(OC)c1)c1ccc(OC)nn1. The number of benzene rings is 1. The molecule has 1 atom stereocenters. The molecule has 2 aromatic rings. The van der Waals surface area contributed by atoms with Crippen molar-refractivity contribution in [2.24, 2.45) is 0 Å². The molecular formula is C15H19N3O3. The van der Waals surface area contributed by atoms with Crippen LogP contribution in [-0.2, 0) is 0 Å². The molecule has 0 bridgehead atoms. The van der Waals surface area contributed by atoms with Gasteiger partial charge in [0, 0.05) is 6.07 Å². The van der Waals surface area contributed by atoms with Crippen LogP contribution in [0.2, 0.25) is 0 Å². The highest BCUT2D eigenvalue weighted by atomic mass is 16.5. The van der Waals surface area contributed by atoms with Gasteiger partial charge in [0.25, 0.3) is 0 Å². The number of nitrogens with one attached hydrogen (secondary N) is 1. The Balaban J connectivity index is 2.35. The van der Waals surface area contributed by atoms with Gasteiger partial charge in [0.2, 0.25) is 5.88 Å². The second-order valence-corrected chi connectivity index (χ2v) is 4.34. The first-order valence-electron chi connectivity index (χ1n) is 6.50. The van der Waals surface area contributed by atoms with Gasteiger partial charge in [0.1, 0.15) is 0 Å². The quantitative estimate of drug-likeness (QED) is 0.875. The van der Waals surface area contributed by atoms with E-state index in [9.17, 15) is 0 Å². The van der Waals surface area contributed by atoms with Gasteiger partial charge in [-0.15, -0.1) is 10.2 Å². The highest BCUT2D eigenvalue weighted by Gasteiger charge is 2.16. The summed E-state index contributed by atoms with van der Waals surface area (Å²) >= 11 is 0. The Morgan fingerprint density at radius 2 is 1.67 bits per heavy atom. The maximum Gasteiger partial charge on any atom is 0.233 e. The Kier molecular flexibility index (Phi) is 4.94. The molecule has 0 aliphatic rings. The molecular weight excluding hydrogens is 270 g/mol. The summed E-state index contributed by atoms with van der Waals surface area (Å²) in [7, 11) is 6.66. The monoisotopic (exact) mass is 289 g/mol. The van der Waals surface area contributed by atoms with Crippen molar-refractivity contribution in [3.63, 3.8) is 0 Å². The van der Waals surface area contributed by atoms with Crippen LogP contribution in [-0.4, -0.2) is 38.6 Å². The molecule has 1 aromatic carbocycles. The summed E-state index contributed by atoms with van der Waals surface area (Å²) < 4.78 is 15.6. The van der Waals surface area contributed by atoms with Crippen LogP contribution in [0.25, 0.3) is 0 Å². The summed E-state index contributed by atoms with van der Waals surface area (Å²) in [5.41, 5.74) is 1.81. The van der Waals surface area contributed by atoms with Gasteiger partial charge in [-0.25, -0.2) is 0 Å². The lowest BCUT2D eigenvalue weighted by Crippen LogP contribution is -2.19. The van der Waals surface area contributed by atoms with Crippen molar-refractivity contribution in [3.05, 3.63) is 41.6 Å². The van der Waals surface area contributed by atoms with E-state index in [-0.39, 0.29) is 6.04 Å². The van der Waals surface area contributed by atoms with E-state index >= 15 is 0 Å². The number of hydrogen-bond donors (Lipinski definition) is 1. The molecule has 0 amide bonds. The van der Waals surface area contributed by atoms with E-state index in [1.165, 1.54) is 0 Å². The summed E-state index contributed by atoms with van der Waals surface area (Å²) in [5, 5.41) is 11.4. The first-order chi connectivity index (χ1) is 10.2. The van der Waals surface area contributed by atoms with Crippen LogP contribution in [0.15, 0.2) is 30.3 Å². The molecule has 1 aromatic heterocycles. The number of methoxy groups -OCH3 is 3. The predicted molar refractivity (Wildman–Crippen MR) is 79.0 cm³/mol. The highest BCUT2D eigenvalue weighted by molar-refractivity contribution is 5.45. The molecule has 0 radical (unpaired) electrons. The zero-order valence-corrected chi connectivity index (χ0v) is 12.6. The third kappa shape index (κ3) is 3.22. The van der Waals surface area contributed by atoms with E-state index in [4.69, 9.17) is 14.2 Å². The van der Waals surface area contributed by atoms with Crippen LogP contribution in [0.3, 0.4) is 0 Å². The molecule has 1 heterocycles. The molecule has 0 fully saturated rings. The largest absolute Gasteiger partial charge is 0.493 e. The van der Waals surface area contributed by atoms with Gasteiger partial charge in [0.15, 0.2) is 11.5 Å². The summed E-state index contributed by atoms with van der Waals surface area (Å²) in [6.07, 6.45) is 0. The summed E-state index contributed by atoms with van der Waals surface area (Å²) in [4.78, 5) is 0. The lowest BCUT2D eigenvalue weighted by molar-refractivity contribution is 0.354. The van der Waals surface area contributed by atoms with Crippen molar-refractivity contribution in [3.8, 4) is 17.4 Å². The smallest absolute Gasteiger partial charge is 0.233 e. The van der Waals surface area contributed by atoms with Crippen molar-refractivity contribution in [1.29, 1.82) is 0 Å². The molecule has 6 heteroatoms. The van der Waals surface area contributed by atoms with Gasteiger partial charge in [0.05, 0.1) is 33.1 Å². The first-order valence-corrected chi connectivity index (χ1v) is 6.50. The third-order valence-electron chi connectivity index (χ3n) is 3.20. The van der Waals surface area contributed by atoms with Crippen LogP contribution >= 0.6 is 0 Å². The Labute approximate surface area is 124 Å². The second kappa shape index (κ2) is 6.90. The number of nitrogens with zero attached hydrogens (tertiary/aromatic N) is 2. The minimum Gasteiger partial charge on any atom is -0.493 e. The number of hydrogen-bond acceptors (Lipinski definition) is 6. The van der Waals surface area contributed by atoms with Crippen molar-refractivity contribution < 1.29 is 14.2 Å². The minimum atomic E-state index is -0.0942. The molecule has 0 aliphatic heterocycles. The molecule has 0 saturated heterocycles. The maximum absolute atomic E-state index is 5.34. The van der Waals surface area contributed by atoms with Crippen LogP contribution in [0, 0.1) is 0 Å². The molecule has 1 unspecified atom stereocenters. The van der Waals surface area contributed by atoms with E-state index in [1.807, 2.05) is 31.3 Å². The fraction of sp³-hybridized carbons (Fsp3) is 0.333. The van der Waals surface area contributed by atoms with Crippen LogP contribution < -0.4 is 19.5 Å². The standard InChI is InChI=1S/C15H19N3O3/c1-16-15(11-6-8-14(21-4)18-17-11)10-5-7-12(19-2)13(9-10)20-3/h5-9,15-16H,1-4H3. The van der Waals surface area contributed by atoms with E-state index in [0.717, 1.165) is 11.3 Å². The topological polar surface area (TPSA) is 65.5 Å². The summed E-state index contributed by atoms with van der Waals surface area (Å²) in [6, 6.07) is 9.33. The van der Waals surface area contributed by atoms with E-state index in [0.29, 0.717) is 17.4 Å². The molecule has 6 nitrogen and oxygen atoms in total. The molecule has 21 heavy (non-hydrogen) atoms. The van der Waals surface area contributed by atoms with Crippen molar-refractivity contribution in [1.82, 2.24) is 15.5 Å². The Morgan fingerprint density at radius 3 is 2.19 bits per heavy atom.